The molecule has 1 aliphatic rings. The van der Waals surface area contributed by atoms with Gasteiger partial charge in [0.1, 0.15) is 0 Å². The molecule has 6 nitrogen and oxygen atoms in total. The van der Waals surface area contributed by atoms with Gasteiger partial charge in [0.15, 0.2) is 11.9 Å². The lowest BCUT2D eigenvalue weighted by molar-refractivity contribution is -0.143. The predicted molar refractivity (Wildman–Crippen MR) is 96.2 cm³/mol. The number of piperidine rings is 1. The van der Waals surface area contributed by atoms with Crippen LogP contribution in [-0.2, 0) is 9.53 Å². The van der Waals surface area contributed by atoms with E-state index in [0.717, 1.165) is 37.3 Å². The molecule has 1 fully saturated rings. The Labute approximate surface area is 148 Å². The minimum Gasteiger partial charge on any atom is -0.367 e. The molecule has 0 saturated carbocycles. The number of likely N-dealkylation sites (tertiary alicyclic amines) is 1. The first-order chi connectivity index (χ1) is 12.2. The molecule has 1 aromatic carbocycles. The summed E-state index contributed by atoms with van der Waals surface area (Å²) in [6.07, 6.45) is 2.96. The standard InChI is InChI=1S/C19H24N4O2/c1-22(17-9-6-12-20-21-17)16-10-13-23(14-11-16)19(24)18(25-2)15-7-4-3-5-8-15/h3-9,12,16,18H,10-11,13-14H2,1-2H3/t18-/m1/s1. The van der Waals surface area contributed by atoms with Crippen LogP contribution < -0.4 is 4.90 Å². The van der Waals surface area contributed by atoms with E-state index < -0.39 is 6.10 Å². The number of hydrogen-bond acceptors (Lipinski definition) is 5. The van der Waals surface area contributed by atoms with Gasteiger partial charge in [-0.2, -0.15) is 5.10 Å². The summed E-state index contributed by atoms with van der Waals surface area (Å²) < 4.78 is 5.48. The van der Waals surface area contributed by atoms with Gasteiger partial charge in [-0.1, -0.05) is 30.3 Å². The first-order valence-electron chi connectivity index (χ1n) is 8.57. The molecule has 0 unspecified atom stereocenters. The number of methoxy groups -OCH3 is 1. The van der Waals surface area contributed by atoms with E-state index >= 15 is 0 Å². The van der Waals surface area contributed by atoms with E-state index in [2.05, 4.69) is 15.1 Å². The minimum absolute atomic E-state index is 0.0364. The van der Waals surface area contributed by atoms with Crippen molar-refractivity contribution in [2.75, 3.05) is 32.1 Å². The smallest absolute Gasteiger partial charge is 0.256 e. The third-order valence-electron chi connectivity index (χ3n) is 4.81. The lowest BCUT2D eigenvalue weighted by Crippen LogP contribution is -2.47. The summed E-state index contributed by atoms with van der Waals surface area (Å²) in [4.78, 5) is 16.9. The van der Waals surface area contributed by atoms with Gasteiger partial charge < -0.3 is 14.5 Å². The van der Waals surface area contributed by atoms with Gasteiger partial charge in [0.05, 0.1) is 0 Å². The second-order valence-electron chi connectivity index (χ2n) is 6.28. The minimum atomic E-state index is -0.532. The molecule has 0 aliphatic carbocycles. The Balaban J connectivity index is 1.61. The Morgan fingerprint density at radius 1 is 1.20 bits per heavy atom. The topological polar surface area (TPSA) is 58.6 Å². The van der Waals surface area contributed by atoms with Crippen LogP contribution in [0.4, 0.5) is 5.82 Å². The van der Waals surface area contributed by atoms with Gasteiger partial charge in [-0.05, 0) is 30.5 Å². The molecule has 2 aromatic rings. The van der Waals surface area contributed by atoms with Crippen LogP contribution in [0.3, 0.4) is 0 Å². The Morgan fingerprint density at radius 2 is 1.92 bits per heavy atom. The van der Waals surface area contributed by atoms with E-state index in [-0.39, 0.29) is 5.91 Å². The molecule has 0 bridgehead atoms. The number of nitrogens with zero attached hydrogens (tertiary/aromatic N) is 4. The van der Waals surface area contributed by atoms with E-state index in [1.807, 2.05) is 54.4 Å². The maximum Gasteiger partial charge on any atom is 0.256 e. The Morgan fingerprint density at radius 3 is 2.52 bits per heavy atom. The van der Waals surface area contributed by atoms with Crippen molar-refractivity contribution in [3.8, 4) is 0 Å². The first-order valence-corrected chi connectivity index (χ1v) is 8.57. The summed E-state index contributed by atoms with van der Waals surface area (Å²) in [6, 6.07) is 13.9. The molecule has 1 amide bonds. The Kier molecular flexibility index (Phi) is 5.60. The molecule has 1 aromatic heterocycles. The molecule has 3 rings (SSSR count). The number of benzene rings is 1. The number of hydrogen-bond donors (Lipinski definition) is 0. The monoisotopic (exact) mass is 340 g/mol. The summed E-state index contributed by atoms with van der Waals surface area (Å²) >= 11 is 0. The fourth-order valence-corrected chi connectivity index (χ4v) is 3.32. The van der Waals surface area contributed by atoms with Crippen molar-refractivity contribution in [2.45, 2.75) is 25.0 Å². The number of carbonyl (C=O) groups excluding carboxylic acids is 1. The van der Waals surface area contributed by atoms with Crippen molar-refractivity contribution in [3.63, 3.8) is 0 Å². The molecule has 2 heterocycles. The van der Waals surface area contributed by atoms with Gasteiger partial charge in [0.2, 0.25) is 0 Å². The zero-order valence-corrected chi connectivity index (χ0v) is 14.7. The molecule has 0 N–H and O–H groups in total. The van der Waals surface area contributed by atoms with Crippen molar-refractivity contribution >= 4 is 11.7 Å². The molecular formula is C19H24N4O2. The molecule has 1 aliphatic heterocycles. The van der Waals surface area contributed by atoms with E-state index in [0.29, 0.717) is 6.04 Å². The quantitative estimate of drug-likeness (QED) is 0.836. The number of anilines is 1. The van der Waals surface area contributed by atoms with Crippen LogP contribution in [0, 0.1) is 0 Å². The first kappa shape index (κ1) is 17.4. The number of carbonyl (C=O) groups is 1. The molecule has 1 atom stereocenters. The van der Waals surface area contributed by atoms with Gasteiger partial charge in [0, 0.05) is 39.5 Å². The number of ether oxygens (including phenoxy) is 1. The van der Waals surface area contributed by atoms with Crippen LogP contribution in [0.15, 0.2) is 48.7 Å². The Hall–Kier alpha value is -2.47. The maximum atomic E-state index is 12.8. The molecule has 1 saturated heterocycles. The SMILES string of the molecule is CO[C@@H](C(=O)N1CCC(N(C)c2cccnn2)CC1)c1ccccc1. The van der Waals surface area contributed by atoms with E-state index in [1.165, 1.54) is 0 Å². The number of aromatic nitrogens is 2. The summed E-state index contributed by atoms with van der Waals surface area (Å²) in [5.41, 5.74) is 0.897. The van der Waals surface area contributed by atoms with Crippen LogP contribution >= 0.6 is 0 Å². The molecule has 0 spiro atoms. The summed E-state index contributed by atoms with van der Waals surface area (Å²) in [5.74, 6) is 0.903. The van der Waals surface area contributed by atoms with Gasteiger partial charge in [-0.15, -0.1) is 5.10 Å². The molecule has 6 heteroatoms. The van der Waals surface area contributed by atoms with Crippen LogP contribution in [0.2, 0.25) is 0 Å². The fourth-order valence-electron chi connectivity index (χ4n) is 3.32. The third kappa shape index (κ3) is 3.96. The van der Waals surface area contributed by atoms with Gasteiger partial charge >= 0.3 is 0 Å². The summed E-state index contributed by atoms with van der Waals surface area (Å²) in [5, 5.41) is 8.10. The van der Waals surface area contributed by atoms with E-state index in [9.17, 15) is 4.79 Å². The lowest BCUT2D eigenvalue weighted by atomic mass is 10.0. The molecule has 25 heavy (non-hydrogen) atoms. The second-order valence-corrected chi connectivity index (χ2v) is 6.28. The van der Waals surface area contributed by atoms with Crippen LogP contribution in [-0.4, -0.2) is 54.3 Å². The maximum absolute atomic E-state index is 12.8. The van der Waals surface area contributed by atoms with Crippen molar-refractivity contribution in [3.05, 3.63) is 54.2 Å². The largest absolute Gasteiger partial charge is 0.367 e. The molecular weight excluding hydrogens is 316 g/mol. The highest BCUT2D eigenvalue weighted by atomic mass is 16.5. The number of rotatable bonds is 5. The third-order valence-corrected chi connectivity index (χ3v) is 4.81. The lowest BCUT2D eigenvalue weighted by Gasteiger charge is -2.38. The second kappa shape index (κ2) is 8.07. The van der Waals surface area contributed by atoms with Crippen LogP contribution in [0.25, 0.3) is 0 Å². The van der Waals surface area contributed by atoms with Gasteiger partial charge in [0.25, 0.3) is 5.91 Å². The van der Waals surface area contributed by atoms with Crippen molar-refractivity contribution in [1.29, 1.82) is 0 Å². The zero-order chi connectivity index (χ0) is 17.6. The summed E-state index contributed by atoms with van der Waals surface area (Å²) in [6.45, 7) is 1.45. The van der Waals surface area contributed by atoms with Crippen LogP contribution in [0.1, 0.15) is 24.5 Å². The zero-order valence-electron chi connectivity index (χ0n) is 14.7. The average molecular weight is 340 g/mol. The highest BCUT2D eigenvalue weighted by molar-refractivity contribution is 5.82. The Bertz CT molecular complexity index is 672. The summed E-state index contributed by atoms with van der Waals surface area (Å²) in [7, 11) is 3.62. The molecule has 0 radical (unpaired) electrons. The van der Waals surface area contributed by atoms with Crippen molar-refractivity contribution in [2.24, 2.45) is 0 Å². The van der Waals surface area contributed by atoms with Gasteiger partial charge in [-0.25, -0.2) is 0 Å². The van der Waals surface area contributed by atoms with Crippen molar-refractivity contribution < 1.29 is 9.53 Å². The van der Waals surface area contributed by atoms with Crippen LogP contribution in [0.5, 0.6) is 0 Å². The van der Waals surface area contributed by atoms with E-state index in [4.69, 9.17) is 4.74 Å². The van der Waals surface area contributed by atoms with Gasteiger partial charge in [-0.3, -0.25) is 4.79 Å². The average Bonchev–Trinajstić information content (AvgIpc) is 2.69. The molecule has 132 valence electrons. The van der Waals surface area contributed by atoms with Crippen molar-refractivity contribution in [1.82, 2.24) is 15.1 Å². The number of amides is 1. The fraction of sp³-hybridized carbons (Fsp3) is 0.421. The highest BCUT2D eigenvalue weighted by Crippen LogP contribution is 2.24. The normalized spacial score (nSPS) is 16.5. The van der Waals surface area contributed by atoms with E-state index in [1.54, 1.807) is 13.3 Å². The predicted octanol–water partition coefficient (Wildman–Crippen LogP) is 2.29. The highest BCUT2D eigenvalue weighted by Gasteiger charge is 2.30.